The van der Waals surface area contributed by atoms with Crippen molar-refractivity contribution in [1.29, 1.82) is 0 Å². The molecule has 5 aliphatic heterocycles. The maximum Gasteiger partial charge on any atom is 0.350 e. The van der Waals surface area contributed by atoms with Crippen LogP contribution in [0.4, 0.5) is 0 Å². The average Bonchev–Trinajstić information content (AvgIpc) is 1.59. The first-order valence-electron chi connectivity index (χ1n) is 41.7. The predicted octanol–water partition coefficient (Wildman–Crippen LogP) is 18.7. The second-order valence-electron chi connectivity index (χ2n) is 37.1. The highest BCUT2D eigenvalue weighted by atomic mass is 16.7. The second kappa shape index (κ2) is 50.9. The zero-order valence-corrected chi connectivity index (χ0v) is 72.8. The van der Waals surface area contributed by atoms with E-state index in [1.165, 1.54) is 13.8 Å². The van der Waals surface area contributed by atoms with Gasteiger partial charge in [-0.05, 0) is 207 Å². The molecule has 5 saturated heterocycles. The van der Waals surface area contributed by atoms with Crippen LogP contribution in [0.5, 0.6) is 0 Å². The van der Waals surface area contributed by atoms with Crippen LogP contribution < -0.4 is 0 Å². The molecule has 16 atom stereocenters. The minimum Gasteiger partial charge on any atom is -0.465 e. The van der Waals surface area contributed by atoms with Gasteiger partial charge in [0.05, 0.1) is 82.9 Å². The summed E-state index contributed by atoms with van der Waals surface area (Å²) in [6, 6.07) is 0. The Morgan fingerprint density at radius 2 is 0.746 bits per heavy atom. The molecule has 0 aromatic rings. The molecule has 10 fully saturated rings. The number of ether oxygens (including phenoxy) is 15. The maximum atomic E-state index is 12.6. The van der Waals surface area contributed by atoms with Crippen molar-refractivity contribution >= 4 is 89.5 Å². The van der Waals surface area contributed by atoms with Crippen LogP contribution in [-0.4, -0.2) is 180 Å². The summed E-state index contributed by atoms with van der Waals surface area (Å²) < 4.78 is 80.6. The molecule has 5 saturated carbocycles. The fourth-order valence-electron chi connectivity index (χ4n) is 14.8. The van der Waals surface area contributed by atoms with E-state index in [-0.39, 0.29) is 234 Å². The van der Waals surface area contributed by atoms with E-state index < -0.39 is 103 Å². The van der Waals surface area contributed by atoms with Gasteiger partial charge >= 0.3 is 89.5 Å². The molecule has 30 nitrogen and oxygen atoms in total. The summed E-state index contributed by atoms with van der Waals surface area (Å²) in [5.41, 5.74) is -8.43. The largest absolute Gasteiger partial charge is 0.465 e. The van der Waals surface area contributed by atoms with E-state index in [0.717, 1.165) is 0 Å². The van der Waals surface area contributed by atoms with E-state index >= 15 is 0 Å². The minimum absolute atomic E-state index is 0. The lowest BCUT2D eigenvalue weighted by molar-refractivity contribution is -0.214. The van der Waals surface area contributed by atoms with Gasteiger partial charge in [0.1, 0.15) is 84.4 Å². The van der Waals surface area contributed by atoms with Crippen LogP contribution in [0.1, 0.15) is 381 Å². The summed E-state index contributed by atoms with van der Waals surface area (Å²) in [5, 5.41) is 0. The van der Waals surface area contributed by atoms with Gasteiger partial charge in [-0.2, -0.15) is 0 Å². The third-order valence-corrected chi connectivity index (χ3v) is 26.0. The SMILES string of the molecule is C.C.C.C.C.C.C.C.C.C.CCC(C)(C)C(=O)OCCC(=O)OC1(C)CCC2CC1(C)OC2=O.CCC(C)(C)C(=O)OCCC(=O)OC1(C)CCC2CC1OC2=O.CCC(C)(C)C(=O)OCCC(=O)OC1CCC2CC1(C)OC2=O.CCC(C)(C)C(=O)OCCC(=O)OC1CCC2CC1OC2=O.CCC(C)C(=O)OC(C)(C)C(=O)OC1(C)CCC2CC1(C)OC2=O. The molecule has 0 aromatic carbocycles. The van der Waals surface area contributed by atoms with E-state index in [9.17, 15) is 71.9 Å². The maximum absolute atomic E-state index is 12.6. The van der Waals surface area contributed by atoms with Crippen molar-refractivity contribution in [3.8, 4) is 0 Å². The van der Waals surface area contributed by atoms with Crippen molar-refractivity contribution in [3.63, 3.8) is 0 Å². The number of esters is 15. The molecule has 126 heavy (non-hydrogen) atoms. The number of fused-ring (bicyclic) bond motifs is 10. The van der Waals surface area contributed by atoms with Crippen LogP contribution in [0.2, 0.25) is 0 Å². The lowest BCUT2D eigenvalue weighted by Crippen LogP contribution is -2.56. The van der Waals surface area contributed by atoms with E-state index in [0.29, 0.717) is 128 Å². The van der Waals surface area contributed by atoms with Gasteiger partial charge in [-0.25, -0.2) is 4.79 Å². The Kier molecular flexibility index (Phi) is 51.1. The molecule has 0 radical (unpaired) electrons. The lowest BCUT2D eigenvalue weighted by Gasteiger charge is -2.45. The zero-order chi connectivity index (χ0) is 87.3. The van der Waals surface area contributed by atoms with Crippen molar-refractivity contribution < 1.29 is 143 Å². The number of hydrogen-bond donors (Lipinski definition) is 0. The van der Waals surface area contributed by atoms with E-state index in [1.807, 2.05) is 83.1 Å². The summed E-state index contributed by atoms with van der Waals surface area (Å²) in [4.78, 5) is 178. The van der Waals surface area contributed by atoms with E-state index in [4.69, 9.17) is 71.1 Å². The van der Waals surface area contributed by atoms with Crippen molar-refractivity contribution in [2.45, 2.75) is 444 Å². The van der Waals surface area contributed by atoms with Gasteiger partial charge < -0.3 is 71.1 Å². The monoisotopic (exact) mass is 1810 g/mol. The van der Waals surface area contributed by atoms with Crippen molar-refractivity contribution in [2.24, 2.45) is 57.2 Å². The number of carbonyl (C=O) groups is 15. The van der Waals surface area contributed by atoms with Gasteiger partial charge in [-0.15, -0.1) is 0 Å². The summed E-state index contributed by atoms with van der Waals surface area (Å²) >= 11 is 0. The smallest absolute Gasteiger partial charge is 0.350 e. The van der Waals surface area contributed by atoms with E-state index in [1.54, 1.807) is 55.4 Å². The fraction of sp³-hybridized carbons (Fsp3) is 0.844. The number of carbonyl (C=O) groups excluding carboxylic acids is 15. The molecule has 0 N–H and O–H groups in total. The second-order valence-corrected chi connectivity index (χ2v) is 37.1. The van der Waals surface area contributed by atoms with Crippen LogP contribution in [-0.2, 0) is 143 Å². The van der Waals surface area contributed by atoms with Crippen LogP contribution in [0.15, 0.2) is 0 Å². The molecular weight excluding hydrogens is 1630 g/mol. The standard InChI is InChI=1S/2C18H28O6.2C17H26O6.C16H24O6.10CH4/c1-7-11(2)13(19)22-16(3,4)15(21)24-17(5)9-8-12-10-18(17,6)23-14(12)20;1-6-16(2,3)15(21)22-10-8-13(19)23-17(4)9-7-12-11-18(17,5)24-14(12)20;1-5-16(2,3)15(20)21-9-7-13(18)23-17(4)8-6-11-10-12(17)22-14(11)19;1-5-16(2,3)15(20)21-9-8-13(18)22-12-7-6-11-10-17(12,4)23-14(11)19;1-4-16(2,3)15(19)20-8-7-13(17)21-11-6-5-10-9-12(11)22-14(10)18;;;;;;;;;;/h11-12H,7-10H2,1-6H3;12H,6-11H2,1-5H3;2*11-12H,5-10H2,1-4H3;10-12H,4-9H2,1-3H3;10*1H4. The molecule has 0 aromatic heterocycles. The summed E-state index contributed by atoms with van der Waals surface area (Å²) in [6.45, 7) is 39.6. The summed E-state index contributed by atoms with van der Waals surface area (Å²) in [5.74, 6) is -5.65. The van der Waals surface area contributed by atoms with Gasteiger partial charge in [0.2, 0.25) is 5.60 Å². The van der Waals surface area contributed by atoms with Crippen LogP contribution in [0, 0.1) is 57.2 Å². The lowest BCUT2D eigenvalue weighted by atomic mass is 9.71. The predicted molar refractivity (Wildman–Crippen MR) is 479 cm³/mol. The van der Waals surface area contributed by atoms with Crippen molar-refractivity contribution in [2.75, 3.05) is 26.4 Å². The van der Waals surface area contributed by atoms with Gasteiger partial charge in [0.25, 0.3) is 0 Å². The van der Waals surface area contributed by atoms with Gasteiger partial charge in [-0.3, -0.25) is 67.1 Å². The van der Waals surface area contributed by atoms with Gasteiger partial charge in [0, 0.05) is 32.1 Å². The molecule has 10 rings (SSSR count). The Bertz CT molecular complexity index is 3610. The molecule has 10 aliphatic rings. The van der Waals surface area contributed by atoms with Crippen LogP contribution in [0.25, 0.3) is 0 Å². The third-order valence-electron chi connectivity index (χ3n) is 26.0. The Morgan fingerprint density at radius 1 is 0.389 bits per heavy atom. The summed E-state index contributed by atoms with van der Waals surface area (Å²) in [7, 11) is 0. The minimum atomic E-state index is -1.39. The molecule has 10 bridgehead atoms. The van der Waals surface area contributed by atoms with Crippen molar-refractivity contribution in [3.05, 3.63) is 0 Å². The highest BCUT2D eigenvalue weighted by molar-refractivity contribution is 5.85. The van der Waals surface area contributed by atoms with Crippen LogP contribution in [0.3, 0.4) is 0 Å². The molecular formula is C96H172O30. The molecule has 30 heteroatoms. The number of rotatable bonds is 29. The fourth-order valence-corrected chi connectivity index (χ4v) is 14.8. The number of hydrogen-bond acceptors (Lipinski definition) is 30. The first kappa shape index (κ1) is 127. The highest BCUT2D eigenvalue weighted by Gasteiger charge is 2.63. The van der Waals surface area contributed by atoms with Crippen molar-refractivity contribution in [1.82, 2.24) is 0 Å². The molecule has 5 aliphatic carbocycles. The first-order chi connectivity index (χ1) is 53.7. The normalized spacial score (nSPS) is 28.2. The molecule has 736 valence electrons. The first-order valence-corrected chi connectivity index (χ1v) is 41.7. The van der Waals surface area contributed by atoms with Gasteiger partial charge in [-0.1, -0.05) is 116 Å². The van der Waals surface area contributed by atoms with E-state index in [2.05, 4.69) is 0 Å². The average molecular weight is 1810 g/mol. The Hall–Kier alpha value is -7.95. The van der Waals surface area contributed by atoms with Crippen LogP contribution >= 0.6 is 0 Å². The molecule has 5 heterocycles. The molecule has 16 unspecified atom stereocenters. The Morgan fingerprint density at radius 3 is 1.17 bits per heavy atom. The quantitative estimate of drug-likeness (QED) is 0.0496. The highest BCUT2D eigenvalue weighted by Crippen LogP contribution is 2.53. The molecule has 0 spiro atoms. The summed E-state index contributed by atoms with van der Waals surface area (Å²) in [6.07, 6.45) is 11.3. The zero-order valence-electron chi connectivity index (χ0n) is 72.8. The third kappa shape index (κ3) is 31.7. The topological polar surface area (TPSA) is 394 Å². The molecule has 0 amide bonds. The van der Waals surface area contributed by atoms with Gasteiger partial charge in [0.15, 0.2) is 0 Å². The Labute approximate surface area is 757 Å². The Balaban J connectivity index is -0.000000475.